The molecule has 0 saturated heterocycles. The van der Waals surface area contributed by atoms with Gasteiger partial charge in [-0.25, -0.2) is 0 Å². The summed E-state index contributed by atoms with van der Waals surface area (Å²) in [5.74, 6) is 0. The molecule has 0 bridgehead atoms. The fourth-order valence-electron chi connectivity index (χ4n) is 4.66. The second-order valence-electron chi connectivity index (χ2n) is 7.08. The van der Waals surface area contributed by atoms with Gasteiger partial charge in [-0.15, -0.1) is 0 Å². The Balaban J connectivity index is 0.000000911. The number of rotatable bonds is 0. The molecule has 0 aromatic heterocycles. The third kappa shape index (κ3) is 2.93. The number of hydrogen-bond acceptors (Lipinski definition) is 0. The molecule has 0 N–H and O–H groups in total. The summed E-state index contributed by atoms with van der Waals surface area (Å²) < 4.78 is 1.52. The van der Waals surface area contributed by atoms with Crippen LogP contribution in [0.4, 0.5) is 0 Å². The maximum absolute atomic E-state index is 2.59. The van der Waals surface area contributed by atoms with E-state index in [9.17, 15) is 0 Å². The van der Waals surface area contributed by atoms with Gasteiger partial charge in [0.1, 0.15) is 0 Å². The Morgan fingerprint density at radius 1 is 0.720 bits per heavy atom. The molecule has 1 aliphatic heterocycles. The quantitative estimate of drug-likeness (QED) is 0.512. The number of aryl methyl sites for hydroxylation is 2. The Morgan fingerprint density at radius 2 is 1.16 bits per heavy atom. The predicted molar refractivity (Wildman–Crippen MR) is 93.1 cm³/mol. The molecule has 3 aliphatic rings. The molecule has 5 rings (SSSR count). The van der Waals surface area contributed by atoms with Crippen molar-refractivity contribution in [3.63, 3.8) is 0 Å². The van der Waals surface area contributed by atoms with Gasteiger partial charge in [0.2, 0.25) is 0 Å². The molecule has 2 unspecified atom stereocenters. The molecule has 0 nitrogen and oxygen atoms in total. The van der Waals surface area contributed by atoms with Crippen molar-refractivity contribution < 1.29 is 48.0 Å². The molecule has 0 saturated carbocycles. The fourth-order valence-corrected chi connectivity index (χ4v) is 9.80. The summed E-state index contributed by atoms with van der Waals surface area (Å²) in [7, 11) is 0. The smallest absolute Gasteiger partial charge is 1.00 e. The van der Waals surface area contributed by atoms with Crippen molar-refractivity contribution in [3.05, 3.63) is 81.9 Å². The van der Waals surface area contributed by atoms with E-state index in [2.05, 4.69) is 62.4 Å². The van der Waals surface area contributed by atoms with Crippen LogP contribution in [0.5, 0.6) is 0 Å². The van der Waals surface area contributed by atoms with Gasteiger partial charge in [-0.1, -0.05) is 0 Å². The van der Waals surface area contributed by atoms with Gasteiger partial charge in [0.05, 0.1) is 0 Å². The largest absolute Gasteiger partial charge is 1.00 e. The SMILES string of the molecule is CC1=C[CH]2[Zr+2][CH]3C=C(C)c4cccc(c43)CCc3cccc1c32.[Cl-].[Cl-]. The van der Waals surface area contributed by atoms with Crippen molar-refractivity contribution in [2.75, 3.05) is 0 Å². The molecule has 0 radical (unpaired) electrons. The Kier molecular flexibility index (Phi) is 5.50. The van der Waals surface area contributed by atoms with Crippen LogP contribution in [0.25, 0.3) is 11.1 Å². The summed E-state index contributed by atoms with van der Waals surface area (Å²) in [5.41, 5.74) is 12.7. The molecule has 2 aromatic carbocycles. The van der Waals surface area contributed by atoms with E-state index in [4.69, 9.17) is 0 Å². The van der Waals surface area contributed by atoms with Gasteiger partial charge in [-0.3, -0.25) is 0 Å². The van der Waals surface area contributed by atoms with E-state index in [1.165, 1.54) is 24.0 Å². The standard InChI is InChI=1S/C22H20.2ClH.Zr/c1-15-9-13-21-17(5-3-7-19(15)21)11-12-18-6-4-8-20-16(2)10-14-22(18)20;;;/h3-10,13-14H,11-12H2,1-2H3;2*1H;/q;;;+2/p-2. The molecule has 3 heteroatoms. The van der Waals surface area contributed by atoms with Crippen molar-refractivity contribution in [1.29, 1.82) is 0 Å². The monoisotopic (exact) mass is 444 g/mol. The van der Waals surface area contributed by atoms with E-state index in [1.54, 1.807) is 33.4 Å². The average molecular weight is 447 g/mol. The number of benzene rings is 2. The van der Waals surface area contributed by atoms with Crippen molar-refractivity contribution in [1.82, 2.24) is 0 Å². The first-order valence-electron chi connectivity index (χ1n) is 8.59. The summed E-state index contributed by atoms with van der Waals surface area (Å²) in [6, 6.07) is 14.0. The Bertz CT molecular complexity index is 821. The summed E-state index contributed by atoms with van der Waals surface area (Å²) in [6.45, 7) is 4.62. The van der Waals surface area contributed by atoms with Crippen molar-refractivity contribution in [2.24, 2.45) is 0 Å². The summed E-state index contributed by atoms with van der Waals surface area (Å²) in [6.07, 6.45) is 7.58. The maximum atomic E-state index is 2.59. The van der Waals surface area contributed by atoms with Crippen LogP contribution in [0, 0.1) is 0 Å². The van der Waals surface area contributed by atoms with Crippen LogP contribution in [0.3, 0.4) is 0 Å². The van der Waals surface area contributed by atoms with Gasteiger partial charge >= 0.3 is 150 Å². The van der Waals surface area contributed by atoms with Crippen LogP contribution in [0.2, 0.25) is 0 Å². The number of halogens is 2. The Labute approximate surface area is 174 Å². The first-order valence-corrected chi connectivity index (χ1v) is 11.4. The zero-order valence-corrected chi connectivity index (χ0v) is 18.4. The summed E-state index contributed by atoms with van der Waals surface area (Å²) >= 11 is -0.608. The first-order chi connectivity index (χ1) is 11.2. The van der Waals surface area contributed by atoms with Crippen LogP contribution >= 0.6 is 0 Å². The minimum atomic E-state index is -0.608. The molecule has 2 aliphatic carbocycles. The topological polar surface area (TPSA) is 0 Å². The zero-order valence-electron chi connectivity index (χ0n) is 14.4. The second kappa shape index (κ2) is 7.18. The molecule has 0 fully saturated rings. The van der Waals surface area contributed by atoms with Gasteiger partial charge in [0.15, 0.2) is 0 Å². The van der Waals surface area contributed by atoms with Crippen molar-refractivity contribution >= 4 is 11.1 Å². The molecule has 0 amide bonds. The van der Waals surface area contributed by atoms with E-state index in [-0.39, 0.29) is 24.8 Å². The van der Waals surface area contributed by atoms with Crippen LogP contribution < -0.4 is 24.8 Å². The van der Waals surface area contributed by atoms with Gasteiger partial charge in [-0.2, -0.15) is 0 Å². The average Bonchev–Trinajstić information content (AvgIpc) is 3.06. The molecular weight excluding hydrogens is 426 g/mol. The number of allylic oxidation sites excluding steroid dienone is 4. The Hall–Kier alpha value is -0.617. The molecular formula is C22H20Cl2Zr. The molecule has 2 aromatic rings. The molecule has 126 valence electrons. The van der Waals surface area contributed by atoms with E-state index >= 15 is 0 Å². The van der Waals surface area contributed by atoms with Crippen molar-refractivity contribution in [2.45, 2.75) is 33.9 Å². The predicted octanol–water partition coefficient (Wildman–Crippen LogP) is -0.508. The van der Waals surface area contributed by atoms with E-state index in [0.29, 0.717) is 0 Å². The molecule has 2 atom stereocenters. The van der Waals surface area contributed by atoms with Crippen LogP contribution in [0.15, 0.2) is 48.6 Å². The van der Waals surface area contributed by atoms with Gasteiger partial charge < -0.3 is 24.8 Å². The molecule has 1 heterocycles. The fraction of sp³-hybridized carbons (Fsp3) is 0.273. The number of hydrogen-bond donors (Lipinski definition) is 0. The first kappa shape index (κ1) is 19.2. The van der Waals surface area contributed by atoms with Crippen LogP contribution in [0.1, 0.15) is 54.5 Å². The van der Waals surface area contributed by atoms with Gasteiger partial charge in [0, 0.05) is 0 Å². The molecule has 25 heavy (non-hydrogen) atoms. The van der Waals surface area contributed by atoms with Gasteiger partial charge in [-0.05, 0) is 0 Å². The normalized spacial score (nSPS) is 21.5. The maximum Gasteiger partial charge on any atom is -1.00 e. The van der Waals surface area contributed by atoms with Gasteiger partial charge in [0.25, 0.3) is 0 Å². The van der Waals surface area contributed by atoms with E-state index < -0.39 is 23.2 Å². The van der Waals surface area contributed by atoms with E-state index in [0.717, 1.165) is 7.25 Å². The zero-order chi connectivity index (χ0) is 15.6. The van der Waals surface area contributed by atoms with Crippen LogP contribution in [-0.4, -0.2) is 0 Å². The summed E-state index contributed by atoms with van der Waals surface area (Å²) in [4.78, 5) is 0. The second-order valence-corrected chi connectivity index (χ2v) is 11.0. The third-order valence-electron chi connectivity index (χ3n) is 5.72. The third-order valence-corrected chi connectivity index (χ3v) is 9.72. The summed E-state index contributed by atoms with van der Waals surface area (Å²) in [5, 5.41) is 0. The minimum absolute atomic E-state index is 0. The van der Waals surface area contributed by atoms with E-state index in [1.807, 2.05) is 0 Å². The van der Waals surface area contributed by atoms with Crippen LogP contribution in [-0.2, 0) is 36.1 Å². The van der Waals surface area contributed by atoms with Crippen molar-refractivity contribution in [3.8, 4) is 0 Å². The Morgan fingerprint density at radius 3 is 1.60 bits per heavy atom. The minimum Gasteiger partial charge on any atom is -1.00 e. The molecule has 0 spiro atoms.